The second kappa shape index (κ2) is 7.51. The molecule has 0 aromatic rings. The SMILES string of the molecule is CC1(C)CCN(C(=O)[C@H](CC2CCCC2)CN(O)C=O)[C@@H]1C(N)=O. The summed E-state index contributed by atoms with van der Waals surface area (Å²) in [7, 11) is 0. The van der Waals surface area contributed by atoms with Crippen molar-refractivity contribution in [3.63, 3.8) is 0 Å². The van der Waals surface area contributed by atoms with Crippen LogP contribution in [0.4, 0.5) is 0 Å². The highest BCUT2D eigenvalue weighted by Crippen LogP contribution is 2.38. The van der Waals surface area contributed by atoms with Crippen molar-refractivity contribution in [3.8, 4) is 0 Å². The van der Waals surface area contributed by atoms with Crippen LogP contribution in [-0.2, 0) is 14.4 Å². The molecule has 7 heteroatoms. The molecule has 1 saturated heterocycles. The maximum absolute atomic E-state index is 13.1. The average Bonchev–Trinajstić information content (AvgIpc) is 3.12. The van der Waals surface area contributed by atoms with Crippen molar-refractivity contribution >= 4 is 18.2 Å². The van der Waals surface area contributed by atoms with Crippen molar-refractivity contribution in [3.05, 3.63) is 0 Å². The highest BCUT2D eigenvalue weighted by molar-refractivity contribution is 5.89. The minimum atomic E-state index is -0.639. The first kappa shape index (κ1) is 18.7. The Labute approximate surface area is 143 Å². The normalized spacial score (nSPS) is 24.8. The second-order valence-electron chi connectivity index (χ2n) is 7.89. The maximum atomic E-state index is 13.1. The molecule has 0 spiro atoms. The minimum Gasteiger partial charge on any atom is -0.368 e. The van der Waals surface area contributed by atoms with E-state index >= 15 is 0 Å². The van der Waals surface area contributed by atoms with E-state index in [1.165, 1.54) is 0 Å². The molecule has 0 aromatic carbocycles. The molecule has 24 heavy (non-hydrogen) atoms. The summed E-state index contributed by atoms with van der Waals surface area (Å²) in [5, 5.41) is 10.1. The third-order valence-electron chi connectivity index (χ3n) is 5.57. The van der Waals surface area contributed by atoms with Crippen molar-refractivity contribution in [2.45, 2.75) is 58.4 Å². The Bertz CT molecular complexity index is 488. The average molecular weight is 339 g/mol. The van der Waals surface area contributed by atoms with Crippen molar-refractivity contribution in [2.75, 3.05) is 13.1 Å². The molecule has 136 valence electrons. The highest BCUT2D eigenvalue weighted by atomic mass is 16.5. The molecule has 0 bridgehead atoms. The lowest BCUT2D eigenvalue weighted by molar-refractivity contribution is -0.158. The van der Waals surface area contributed by atoms with E-state index < -0.39 is 17.9 Å². The maximum Gasteiger partial charge on any atom is 0.240 e. The van der Waals surface area contributed by atoms with Crippen molar-refractivity contribution < 1.29 is 19.6 Å². The lowest BCUT2D eigenvalue weighted by Gasteiger charge is -2.33. The van der Waals surface area contributed by atoms with Gasteiger partial charge in [-0.15, -0.1) is 0 Å². The summed E-state index contributed by atoms with van der Waals surface area (Å²) in [4.78, 5) is 37.3. The van der Waals surface area contributed by atoms with Gasteiger partial charge in [-0.1, -0.05) is 39.5 Å². The van der Waals surface area contributed by atoms with Gasteiger partial charge in [0.2, 0.25) is 18.2 Å². The number of hydrogen-bond donors (Lipinski definition) is 2. The van der Waals surface area contributed by atoms with Crippen LogP contribution in [0.2, 0.25) is 0 Å². The van der Waals surface area contributed by atoms with Gasteiger partial charge in [-0.25, -0.2) is 5.06 Å². The molecule has 2 atom stereocenters. The number of hydroxylamine groups is 2. The van der Waals surface area contributed by atoms with E-state index in [1.807, 2.05) is 13.8 Å². The number of primary amides is 1. The molecule has 1 heterocycles. The van der Waals surface area contributed by atoms with Gasteiger partial charge in [0.15, 0.2) is 0 Å². The monoisotopic (exact) mass is 339 g/mol. The Morgan fingerprint density at radius 1 is 1.38 bits per heavy atom. The van der Waals surface area contributed by atoms with E-state index in [4.69, 9.17) is 5.73 Å². The van der Waals surface area contributed by atoms with Crippen LogP contribution in [0.15, 0.2) is 0 Å². The van der Waals surface area contributed by atoms with E-state index in [9.17, 15) is 19.6 Å². The summed E-state index contributed by atoms with van der Waals surface area (Å²) in [5.74, 6) is -0.750. The summed E-state index contributed by atoms with van der Waals surface area (Å²) in [6.45, 7) is 4.31. The third kappa shape index (κ3) is 4.06. The standard InChI is InChI=1S/C17H29N3O4/c1-17(2)7-8-20(14(17)15(18)22)16(23)13(10-19(24)11-21)9-12-5-3-4-6-12/h11-14,24H,3-10H2,1-2H3,(H2,18,22)/t13-,14-/m1/s1. The Hall–Kier alpha value is -1.63. The fourth-order valence-corrected chi connectivity index (χ4v) is 4.28. The van der Waals surface area contributed by atoms with E-state index in [0.29, 0.717) is 36.8 Å². The van der Waals surface area contributed by atoms with Crippen molar-refractivity contribution in [1.29, 1.82) is 0 Å². The van der Waals surface area contributed by atoms with Gasteiger partial charge in [0.25, 0.3) is 0 Å². The Kier molecular flexibility index (Phi) is 5.85. The van der Waals surface area contributed by atoms with Gasteiger partial charge in [0, 0.05) is 6.54 Å². The minimum absolute atomic E-state index is 0.0404. The quantitative estimate of drug-likeness (QED) is 0.412. The van der Waals surface area contributed by atoms with Gasteiger partial charge >= 0.3 is 0 Å². The molecule has 2 rings (SSSR count). The Morgan fingerprint density at radius 2 is 2.00 bits per heavy atom. The van der Waals surface area contributed by atoms with Gasteiger partial charge in [0.1, 0.15) is 6.04 Å². The number of carbonyl (C=O) groups excluding carboxylic acids is 3. The van der Waals surface area contributed by atoms with Crippen LogP contribution in [0.5, 0.6) is 0 Å². The van der Waals surface area contributed by atoms with E-state index in [1.54, 1.807) is 4.90 Å². The van der Waals surface area contributed by atoms with Crippen molar-refractivity contribution in [2.24, 2.45) is 23.0 Å². The zero-order chi connectivity index (χ0) is 17.9. The molecule has 2 aliphatic rings. The van der Waals surface area contributed by atoms with Gasteiger partial charge in [0.05, 0.1) is 12.5 Å². The molecular weight excluding hydrogens is 310 g/mol. The third-order valence-corrected chi connectivity index (χ3v) is 5.57. The summed E-state index contributed by atoms with van der Waals surface area (Å²) in [6, 6.07) is -0.639. The van der Waals surface area contributed by atoms with Crippen LogP contribution in [0, 0.1) is 17.3 Å². The van der Waals surface area contributed by atoms with Crippen LogP contribution in [0.3, 0.4) is 0 Å². The predicted octanol–water partition coefficient (Wildman–Crippen LogP) is 1.14. The molecule has 1 saturated carbocycles. The Balaban J connectivity index is 2.15. The zero-order valence-electron chi connectivity index (χ0n) is 14.6. The van der Waals surface area contributed by atoms with E-state index in [-0.39, 0.29) is 17.9 Å². The second-order valence-corrected chi connectivity index (χ2v) is 7.89. The van der Waals surface area contributed by atoms with Gasteiger partial charge in [-0.05, 0) is 24.2 Å². The van der Waals surface area contributed by atoms with Crippen LogP contribution in [0.25, 0.3) is 0 Å². The molecule has 0 aromatic heterocycles. The smallest absolute Gasteiger partial charge is 0.240 e. The van der Waals surface area contributed by atoms with E-state index in [0.717, 1.165) is 25.7 Å². The van der Waals surface area contributed by atoms with Gasteiger partial charge in [-0.3, -0.25) is 19.6 Å². The number of rotatable bonds is 7. The number of hydrogen-bond acceptors (Lipinski definition) is 4. The summed E-state index contributed by atoms with van der Waals surface area (Å²) >= 11 is 0. The van der Waals surface area contributed by atoms with Crippen LogP contribution >= 0.6 is 0 Å². The largest absolute Gasteiger partial charge is 0.368 e. The fourth-order valence-electron chi connectivity index (χ4n) is 4.28. The van der Waals surface area contributed by atoms with Crippen LogP contribution < -0.4 is 5.73 Å². The first-order chi connectivity index (χ1) is 11.3. The summed E-state index contributed by atoms with van der Waals surface area (Å²) in [5.41, 5.74) is 5.19. The lowest BCUT2D eigenvalue weighted by Crippen LogP contribution is -2.52. The molecule has 7 nitrogen and oxygen atoms in total. The van der Waals surface area contributed by atoms with Crippen LogP contribution in [-0.4, -0.2) is 52.5 Å². The number of amides is 3. The first-order valence-corrected chi connectivity index (χ1v) is 8.77. The number of likely N-dealkylation sites (tertiary alicyclic amines) is 1. The van der Waals surface area contributed by atoms with Crippen molar-refractivity contribution in [1.82, 2.24) is 9.96 Å². The topological polar surface area (TPSA) is 104 Å². The number of nitrogens with zero attached hydrogens (tertiary/aromatic N) is 2. The zero-order valence-corrected chi connectivity index (χ0v) is 14.6. The molecule has 0 unspecified atom stereocenters. The summed E-state index contributed by atoms with van der Waals surface area (Å²) in [6.07, 6.45) is 6.10. The van der Waals surface area contributed by atoms with E-state index in [2.05, 4.69) is 0 Å². The predicted molar refractivity (Wildman–Crippen MR) is 87.7 cm³/mol. The summed E-state index contributed by atoms with van der Waals surface area (Å²) < 4.78 is 0. The highest BCUT2D eigenvalue weighted by Gasteiger charge is 2.47. The molecule has 1 aliphatic heterocycles. The Morgan fingerprint density at radius 3 is 2.54 bits per heavy atom. The number of carbonyl (C=O) groups is 3. The molecule has 1 aliphatic carbocycles. The van der Waals surface area contributed by atoms with Gasteiger partial charge in [-0.2, -0.15) is 0 Å². The molecule has 0 radical (unpaired) electrons. The molecule has 2 fully saturated rings. The molecular formula is C17H29N3O4. The fraction of sp³-hybridized carbons (Fsp3) is 0.824. The molecule has 3 amide bonds. The van der Waals surface area contributed by atoms with Gasteiger partial charge < -0.3 is 10.6 Å². The first-order valence-electron chi connectivity index (χ1n) is 8.77. The number of nitrogens with two attached hydrogens (primary N) is 1. The molecule has 3 N–H and O–H groups in total. The lowest BCUT2D eigenvalue weighted by atomic mass is 9.84. The van der Waals surface area contributed by atoms with Crippen LogP contribution in [0.1, 0.15) is 52.4 Å².